The summed E-state index contributed by atoms with van der Waals surface area (Å²) in [7, 11) is 0. The van der Waals surface area contributed by atoms with Gasteiger partial charge in [-0.15, -0.1) is 0 Å². The Morgan fingerprint density at radius 1 is 0.538 bits per heavy atom. The Bertz CT molecular complexity index is 488. The molecular formula is C10H7F15O. The van der Waals surface area contributed by atoms with Crippen molar-refractivity contribution >= 4 is 0 Å². The van der Waals surface area contributed by atoms with Crippen molar-refractivity contribution in [3.63, 3.8) is 0 Å². The standard InChI is InChI=1S/C10H7F15O/c1-2-3-26-7(16,10(23,24)25)5(12,13)4(11,8(17,18)19)6(14,15)9(20,21)22/h2-3H2,1H3. The molecular weight excluding hydrogens is 421 g/mol. The lowest BCUT2D eigenvalue weighted by Gasteiger charge is -2.45. The van der Waals surface area contributed by atoms with Gasteiger partial charge in [0.05, 0.1) is 6.61 Å². The molecule has 0 radical (unpaired) electrons. The molecule has 26 heavy (non-hydrogen) atoms. The van der Waals surface area contributed by atoms with Crippen LogP contribution in [0.1, 0.15) is 13.3 Å². The van der Waals surface area contributed by atoms with E-state index in [9.17, 15) is 65.9 Å². The molecule has 0 rings (SSSR count). The van der Waals surface area contributed by atoms with Crippen LogP contribution in [0.25, 0.3) is 0 Å². The van der Waals surface area contributed by atoms with Crippen LogP contribution in [-0.4, -0.2) is 48.5 Å². The molecule has 0 fully saturated rings. The molecule has 2 atom stereocenters. The third-order valence-electron chi connectivity index (χ3n) is 2.89. The smallest absolute Gasteiger partial charge is 0.334 e. The van der Waals surface area contributed by atoms with Gasteiger partial charge in [0.2, 0.25) is 0 Å². The van der Waals surface area contributed by atoms with Gasteiger partial charge in [-0.3, -0.25) is 0 Å². The van der Waals surface area contributed by atoms with Crippen LogP contribution in [0.2, 0.25) is 0 Å². The van der Waals surface area contributed by atoms with Gasteiger partial charge in [-0.2, -0.15) is 61.5 Å². The van der Waals surface area contributed by atoms with Crippen molar-refractivity contribution in [2.45, 2.75) is 55.2 Å². The van der Waals surface area contributed by atoms with Gasteiger partial charge in [-0.05, 0) is 6.42 Å². The molecule has 0 saturated carbocycles. The lowest BCUT2D eigenvalue weighted by Crippen LogP contribution is -2.78. The molecule has 158 valence electrons. The molecule has 0 aliphatic rings. The Balaban J connectivity index is 6.95. The highest BCUT2D eigenvalue weighted by molar-refractivity contribution is 5.17. The zero-order valence-corrected chi connectivity index (χ0v) is 12.0. The molecule has 0 spiro atoms. The van der Waals surface area contributed by atoms with Gasteiger partial charge in [0.15, 0.2) is 0 Å². The summed E-state index contributed by atoms with van der Waals surface area (Å²) in [6.07, 6.45) is -23.9. The number of hydrogen-bond acceptors (Lipinski definition) is 1. The van der Waals surface area contributed by atoms with Crippen molar-refractivity contribution in [3.8, 4) is 0 Å². The van der Waals surface area contributed by atoms with E-state index in [4.69, 9.17) is 0 Å². The molecule has 0 N–H and O–H groups in total. The van der Waals surface area contributed by atoms with Crippen LogP contribution in [0.4, 0.5) is 65.9 Å². The van der Waals surface area contributed by atoms with E-state index in [1.54, 1.807) is 0 Å². The number of halogens is 15. The molecule has 16 heteroatoms. The first kappa shape index (κ1) is 24.9. The highest BCUT2D eigenvalue weighted by atomic mass is 19.4. The third-order valence-corrected chi connectivity index (χ3v) is 2.89. The Morgan fingerprint density at radius 3 is 1.15 bits per heavy atom. The first-order valence-corrected chi connectivity index (χ1v) is 6.03. The van der Waals surface area contributed by atoms with Crippen molar-refractivity contribution in [2.75, 3.05) is 6.61 Å². The summed E-state index contributed by atoms with van der Waals surface area (Å²) < 4.78 is 194. The van der Waals surface area contributed by atoms with Gasteiger partial charge in [-0.25, -0.2) is 4.39 Å². The number of alkyl halides is 15. The first-order chi connectivity index (χ1) is 11.1. The minimum atomic E-state index is -8.36. The molecule has 1 nitrogen and oxygen atoms in total. The van der Waals surface area contributed by atoms with Crippen LogP contribution in [0.3, 0.4) is 0 Å². The van der Waals surface area contributed by atoms with Gasteiger partial charge in [0.1, 0.15) is 0 Å². The SMILES string of the molecule is CCCOC(F)(C(F)(F)F)C(F)(F)C(F)(C(F)(F)F)C(F)(F)C(F)(F)F. The first-order valence-electron chi connectivity index (χ1n) is 6.03. The summed E-state index contributed by atoms with van der Waals surface area (Å²) in [5, 5.41) is 0. The maximum Gasteiger partial charge on any atom is 0.457 e. The predicted octanol–water partition coefficient (Wildman–Crippen LogP) is 5.74. The number of ether oxygens (including phenoxy) is 1. The minimum absolute atomic E-state index is 0.783. The predicted molar refractivity (Wildman–Crippen MR) is 52.0 cm³/mol. The maximum absolute atomic E-state index is 13.7. The highest BCUT2D eigenvalue weighted by Gasteiger charge is 2.96. The zero-order valence-electron chi connectivity index (χ0n) is 12.0. The maximum atomic E-state index is 13.7. The molecule has 0 aliphatic heterocycles. The Hall–Kier alpha value is -1.09. The summed E-state index contributed by atoms with van der Waals surface area (Å²) in [5.74, 6) is -23.4. The highest BCUT2D eigenvalue weighted by Crippen LogP contribution is 2.64. The van der Waals surface area contributed by atoms with Gasteiger partial charge >= 0.3 is 41.9 Å². The van der Waals surface area contributed by atoms with Gasteiger partial charge in [-0.1, -0.05) is 6.92 Å². The molecule has 0 aromatic carbocycles. The quantitative estimate of drug-likeness (QED) is 0.490. The normalized spacial score (nSPS) is 19.8. The number of hydrogen-bond donors (Lipinski definition) is 0. The molecule has 0 aromatic rings. The van der Waals surface area contributed by atoms with Crippen LogP contribution < -0.4 is 0 Å². The second-order valence-corrected chi connectivity index (χ2v) is 4.74. The fourth-order valence-electron chi connectivity index (χ4n) is 1.56. The average molecular weight is 428 g/mol. The molecule has 2 unspecified atom stereocenters. The van der Waals surface area contributed by atoms with Crippen LogP contribution in [-0.2, 0) is 4.74 Å². The molecule has 0 heterocycles. The Labute approximate surface area is 134 Å². The third kappa shape index (κ3) is 3.28. The van der Waals surface area contributed by atoms with E-state index in [0.717, 1.165) is 6.92 Å². The molecule has 0 aromatic heterocycles. The fourth-order valence-corrected chi connectivity index (χ4v) is 1.56. The summed E-state index contributed by atoms with van der Waals surface area (Å²) >= 11 is 0. The lowest BCUT2D eigenvalue weighted by molar-refractivity contribution is -0.484. The topological polar surface area (TPSA) is 9.23 Å². The van der Waals surface area contributed by atoms with Gasteiger partial charge in [0.25, 0.3) is 0 Å². The zero-order chi connectivity index (χ0) is 21.6. The molecule has 0 bridgehead atoms. The van der Waals surface area contributed by atoms with Gasteiger partial charge < -0.3 is 4.74 Å². The van der Waals surface area contributed by atoms with E-state index >= 15 is 0 Å². The molecule has 0 amide bonds. The Morgan fingerprint density at radius 2 is 0.923 bits per heavy atom. The van der Waals surface area contributed by atoms with Crippen LogP contribution in [0.15, 0.2) is 0 Å². The summed E-state index contributed by atoms with van der Waals surface area (Å²) in [4.78, 5) is 0. The largest absolute Gasteiger partial charge is 0.457 e. The monoisotopic (exact) mass is 428 g/mol. The van der Waals surface area contributed by atoms with Crippen molar-refractivity contribution in [3.05, 3.63) is 0 Å². The van der Waals surface area contributed by atoms with Crippen molar-refractivity contribution in [1.29, 1.82) is 0 Å². The fraction of sp³-hybridized carbons (Fsp3) is 1.00. The van der Waals surface area contributed by atoms with Gasteiger partial charge in [0, 0.05) is 0 Å². The van der Waals surface area contributed by atoms with E-state index in [1.165, 1.54) is 0 Å². The van der Waals surface area contributed by atoms with Crippen LogP contribution in [0.5, 0.6) is 0 Å². The summed E-state index contributed by atoms with van der Waals surface area (Å²) in [5.41, 5.74) is -8.36. The minimum Gasteiger partial charge on any atom is -0.334 e. The van der Waals surface area contributed by atoms with Crippen LogP contribution >= 0.6 is 0 Å². The van der Waals surface area contributed by atoms with E-state index in [2.05, 4.69) is 4.74 Å². The van der Waals surface area contributed by atoms with E-state index < -0.39 is 54.9 Å². The number of rotatable bonds is 6. The molecule has 0 aliphatic carbocycles. The summed E-state index contributed by atoms with van der Waals surface area (Å²) in [6.45, 7) is -1.04. The summed E-state index contributed by atoms with van der Waals surface area (Å²) in [6, 6.07) is 0. The van der Waals surface area contributed by atoms with E-state index in [1.807, 2.05) is 0 Å². The second-order valence-electron chi connectivity index (χ2n) is 4.74. The van der Waals surface area contributed by atoms with Crippen molar-refractivity contribution in [1.82, 2.24) is 0 Å². The average Bonchev–Trinajstić information content (AvgIpc) is 2.39. The van der Waals surface area contributed by atoms with E-state index in [-0.39, 0.29) is 0 Å². The van der Waals surface area contributed by atoms with Crippen molar-refractivity contribution < 1.29 is 70.6 Å². The second kappa shape index (κ2) is 6.51. The van der Waals surface area contributed by atoms with Crippen LogP contribution in [0, 0.1) is 0 Å². The van der Waals surface area contributed by atoms with E-state index in [0.29, 0.717) is 0 Å². The molecule has 0 saturated heterocycles. The Kier molecular flexibility index (Phi) is 6.24. The lowest BCUT2D eigenvalue weighted by atomic mass is 9.84. The van der Waals surface area contributed by atoms with Crippen molar-refractivity contribution in [2.24, 2.45) is 0 Å².